The average molecular weight is 520 g/mol. The molecule has 190 valence electrons. The Labute approximate surface area is 219 Å². The van der Waals surface area contributed by atoms with Crippen molar-refractivity contribution in [3.05, 3.63) is 70.4 Å². The summed E-state index contributed by atoms with van der Waals surface area (Å²) in [6.07, 6.45) is 3.35. The van der Waals surface area contributed by atoms with Crippen molar-refractivity contribution < 1.29 is 19.1 Å². The summed E-state index contributed by atoms with van der Waals surface area (Å²) in [5.41, 5.74) is 3.64. The van der Waals surface area contributed by atoms with Gasteiger partial charge in [-0.15, -0.1) is 0 Å². The molecule has 0 spiro atoms. The van der Waals surface area contributed by atoms with E-state index in [0.29, 0.717) is 48.6 Å². The van der Waals surface area contributed by atoms with Crippen LogP contribution in [0, 0.1) is 0 Å². The van der Waals surface area contributed by atoms with E-state index >= 15 is 0 Å². The van der Waals surface area contributed by atoms with Gasteiger partial charge in [-0.25, -0.2) is 9.97 Å². The van der Waals surface area contributed by atoms with E-state index in [1.54, 1.807) is 17.2 Å². The molecule has 2 N–H and O–H groups in total. The minimum absolute atomic E-state index is 0.0328. The van der Waals surface area contributed by atoms with Crippen molar-refractivity contribution in [2.45, 2.75) is 31.5 Å². The monoisotopic (exact) mass is 519 g/mol. The smallest absolute Gasteiger partial charge is 0.254 e. The molecular weight excluding hydrogens is 494 g/mol. The highest BCUT2D eigenvalue weighted by Gasteiger charge is 2.31. The Morgan fingerprint density at radius 3 is 2.86 bits per heavy atom. The van der Waals surface area contributed by atoms with Gasteiger partial charge >= 0.3 is 0 Å². The normalized spacial score (nSPS) is 18.8. The average Bonchev–Trinajstić information content (AvgIpc) is 3.46. The predicted octanol–water partition coefficient (Wildman–Crippen LogP) is 3.59. The lowest BCUT2D eigenvalue weighted by Gasteiger charge is -2.23. The maximum atomic E-state index is 13.2. The second-order valence-corrected chi connectivity index (χ2v) is 9.83. The summed E-state index contributed by atoms with van der Waals surface area (Å²) in [5, 5.41) is 6.74. The summed E-state index contributed by atoms with van der Waals surface area (Å²) >= 11 is 6.44. The van der Waals surface area contributed by atoms with Gasteiger partial charge < -0.3 is 25.0 Å². The van der Waals surface area contributed by atoms with Crippen molar-refractivity contribution in [1.29, 1.82) is 0 Å². The molecule has 2 amide bonds. The van der Waals surface area contributed by atoms with Crippen LogP contribution in [-0.4, -0.2) is 59.1 Å². The third kappa shape index (κ3) is 4.84. The van der Waals surface area contributed by atoms with Gasteiger partial charge in [-0.05, 0) is 30.5 Å². The van der Waals surface area contributed by atoms with Crippen LogP contribution in [0.15, 0.2) is 48.7 Å². The summed E-state index contributed by atoms with van der Waals surface area (Å²) in [6.45, 7) is 2.14. The van der Waals surface area contributed by atoms with Crippen molar-refractivity contribution in [3.63, 3.8) is 0 Å². The van der Waals surface area contributed by atoms with E-state index in [-0.39, 0.29) is 30.4 Å². The molecule has 2 aromatic carbocycles. The minimum atomic E-state index is -0.227. The quantitative estimate of drug-likeness (QED) is 0.512. The Kier molecular flexibility index (Phi) is 6.40. The van der Waals surface area contributed by atoms with Gasteiger partial charge in [0.1, 0.15) is 18.9 Å². The van der Waals surface area contributed by atoms with E-state index in [0.717, 1.165) is 35.3 Å². The van der Waals surface area contributed by atoms with E-state index in [1.807, 2.05) is 36.4 Å². The van der Waals surface area contributed by atoms with Crippen molar-refractivity contribution >= 4 is 29.4 Å². The first-order chi connectivity index (χ1) is 18.0. The highest BCUT2D eigenvalue weighted by atomic mass is 35.5. The first kappa shape index (κ1) is 23.7. The van der Waals surface area contributed by atoms with E-state index in [9.17, 15) is 9.59 Å². The number of ether oxygens (including phenoxy) is 2. The standard InChI is InChI=1S/C27H26ClN5O4/c28-21-12-29-27(30-18-7-9-36-10-8-18)32-25(21)16-5-6-17-13-33(26(35)20(17)11-16)14-24(34)31-22-15-37-23-4-2-1-3-19(22)23/h1-6,11-12,18,22H,7-10,13-15H2,(H,31,34)(H,29,30,32). The Morgan fingerprint density at radius 1 is 1.16 bits per heavy atom. The van der Waals surface area contributed by atoms with Crippen molar-refractivity contribution in [3.8, 4) is 17.0 Å². The number of carbonyl (C=O) groups is 2. The van der Waals surface area contributed by atoms with Crippen LogP contribution < -0.4 is 15.4 Å². The van der Waals surface area contributed by atoms with Crippen LogP contribution in [0.4, 0.5) is 5.95 Å². The molecule has 0 radical (unpaired) electrons. The zero-order chi connectivity index (χ0) is 25.4. The summed E-state index contributed by atoms with van der Waals surface area (Å²) in [4.78, 5) is 36.5. The van der Waals surface area contributed by atoms with Crippen LogP contribution >= 0.6 is 11.6 Å². The second kappa shape index (κ2) is 9.99. The highest BCUT2D eigenvalue weighted by Crippen LogP contribution is 2.33. The van der Waals surface area contributed by atoms with Crippen LogP contribution in [0.1, 0.15) is 40.4 Å². The van der Waals surface area contributed by atoms with Gasteiger partial charge in [0.05, 0.1) is 23.0 Å². The fourth-order valence-corrected chi connectivity index (χ4v) is 5.20. The molecular formula is C27H26ClN5O4. The fraction of sp³-hybridized carbons (Fsp3) is 0.333. The molecule has 10 heteroatoms. The molecule has 9 nitrogen and oxygen atoms in total. The molecule has 1 saturated heterocycles. The number of para-hydroxylation sites is 1. The van der Waals surface area contributed by atoms with Crippen LogP contribution in [0.5, 0.6) is 5.75 Å². The summed E-state index contributed by atoms with van der Waals surface area (Å²) in [6, 6.07) is 13.2. The molecule has 1 unspecified atom stereocenters. The number of amides is 2. The maximum absolute atomic E-state index is 13.2. The number of halogens is 1. The number of carbonyl (C=O) groups excluding carboxylic acids is 2. The van der Waals surface area contributed by atoms with Gasteiger partial charge in [-0.3, -0.25) is 9.59 Å². The Hall–Kier alpha value is -3.69. The summed E-state index contributed by atoms with van der Waals surface area (Å²) in [5.74, 6) is 0.850. The van der Waals surface area contributed by atoms with Crippen LogP contribution in [0.2, 0.25) is 5.02 Å². The summed E-state index contributed by atoms with van der Waals surface area (Å²) < 4.78 is 11.1. The SMILES string of the molecule is O=C(CN1Cc2ccc(-c3nc(NC4CCOCC4)ncc3Cl)cc2C1=O)NC1COc2ccccc21. The van der Waals surface area contributed by atoms with Gasteiger partial charge in [0.15, 0.2) is 0 Å². The van der Waals surface area contributed by atoms with Crippen molar-refractivity contribution in [2.75, 3.05) is 31.7 Å². The number of rotatable bonds is 6. The second-order valence-electron chi connectivity index (χ2n) is 9.42. The molecule has 1 atom stereocenters. The zero-order valence-electron chi connectivity index (χ0n) is 20.1. The maximum Gasteiger partial charge on any atom is 0.254 e. The molecule has 3 aromatic rings. The lowest BCUT2D eigenvalue weighted by molar-refractivity contribution is -0.122. The Bertz CT molecular complexity index is 1360. The lowest BCUT2D eigenvalue weighted by atomic mass is 10.0. The van der Waals surface area contributed by atoms with Gasteiger partial charge in [0.2, 0.25) is 11.9 Å². The number of hydrogen-bond donors (Lipinski definition) is 2. The van der Waals surface area contributed by atoms with Gasteiger partial charge in [0, 0.05) is 42.5 Å². The number of hydrogen-bond acceptors (Lipinski definition) is 7. The molecule has 6 rings (SSSR count). The van der Waals surface area contributed by atoms with E-state index in [1.165, 1.54) is 0 Å². The zero-order valence-corrected chi connectivity index (χ0v) is 20.8. The highest BCUT2D eigenvalue weighted by molar-refractivity contribution is 6.33. The van der Waals surface area contributed by atoms with Crippen molar-refractivity contribution in [1.82, 2.24) is 20.2 Å². The van der Waals surface area contributed by atoms with E-state index in [2.05, 4.69) is 20.6 Å². The molecule has 3 aliphatic rings. The first-order valence-electron chi connectivity index (χ1n) is 12.4. The third-order valence-corrected chi connectivity index (χ3v) is 7.21. The number of benzene rings is 2. The molecule has 1 aromatic heterocycles. The van der Waals surface area contributed by atoms with Crippen molar-refractivity contribution in [2.24, 2.45) is 0 Å². The molecule has 0 saturated carbocycles. The van der Waals surface area contributed by atoms with Crippen LogP contribution in [-0.2, 0) is 16.1 Å². The third-order valence-electron chi connectivity index (χ3n) is 6.93. The Balaban J connectivity index is 1.14. The molecule has 1 fully saturated rings. The van der Waals surface area contributed by atoms with E-state index in [4.69, 9.17) is 21.1 Å². The summed E-state index contributed by atoms with van der Waals surface area (Å²) in [7, 11) is 0. The van der Waals surface area contributed by atoms with Crippen LogP contribution in [0.3, 0.4) is 0 Å². The predicted molar refractivity (Wildman–Crippen MR) is 138 cm³/mol. The Morgan fingerprint density at radius 2 is 2.00 bits per heavy atom. The number of nitrogens with zero attached hydrogens (tertiary/aromatic N) is 3. The topological polar surface area (TPSA) is 106 Å². The van der Waals surface area contributed by atoms with Gasteiger partial charge in [-0.1, -0.05) is 41.9 Å². The van der Waals surface area contributed by atoms with Gasteiger partial charge in [0.25, 0.3) is 5.91 Å². The van der Waals surface area contributed by atoms with E-state index < -0.39 is 0 Å². The fourth-order valence-electron chi connectivity index (χ4n) is 5.00. The van der Waals surface area contributed by atoms with Gasteiger partial charge in [-0.2, -0.15) is 0 Å². The molecule has 37 heavy (non-hydrogen) atoms. The minimum Gasteiger partial charge on any atom is -0.491 e. The molecule has 4 heterocycles. The largest absolute Gasteiger partial charge is 0.491 e. The molecule has 0 bridgehead atoms. The number of aromatic nitrogens is 2. The van der Waals surface area contributed by atoms with Crippen LogP contribution in [0.25, 0.3) is 11.3 Å². The number of nitrogens with one attached hydrogen (secondary N) is 2. The first-order valence-corrected chi connectivity index (χ1v) is 12.7. The number of anilines is 1. The number of fused-ring (bicyclic) bond motifs is 2. The molecule has 3 aliphatic heterocycles. The lowest BCUT2D eigenvalue weighted by Crippen LogP contribution is -2.39. The molecule has 0 aliphatic carbocycles.